The van der Waals surface area contributed by atoms with Crippen LogP contribution in [0.15, 0.2) is 18.3 Å². The molecule has 0 spiro atoms. The summed E-state index contributed by atoms with van der Waals surface area (Å²) < 4.78 is 0. The standard InChI is InChI=1S/C12H18N4O/c1-16-6-2-3-9(8-16)12(17)15-11-5-4-10(13)7-14-11/h4-5,7,9H,2-3,6,8,13H2,1H3,(H,14,15,17). The van der Waals surface area contributed by atoms with Gasteiger partial charge in [0.2, 0.25) is 5.91 Å². The number of hydrogen-bond donors (Lipinski definition) is 2. The van der Waals surface area contributed by atoms with Gasteiger partial charge >= 0.3 is 0 Å². The Bertz CT molecular complexity index is 390. The third kappa shape index (κ3) is 3.17. The van der Waals surface area contributed by atoms with E-state index in [0.717, 1.165) is 25.9 Å². The number of rotatable bonds is 2. The summed E-state index contributed by atoms with van der Waals surface area (Å²) in [4.78, 5) is 18.2. The molecule has 1 amide bonds. The monoisotopic (exact) mass is 234 g/mol. The summed E-state index contributed by atoms with van der Waals surface area (Å²) in [6, 6.07) is 3.45. The van der Waals surface area contributed by atoms with E-state index in [2.05, 4.69) is 15.2 Å². The van der Waals surface area contributed by atoms with Crippen molar-refractivity contribution in [2.45, 2.75) is 12.8 Å². The number of carbonyl (C=O) groups excluding carboxylic acids is 1. The minimum Gasteiger partial charge on any atom is -0.397 e. The number of piperidine rings is 1. The van der Waals surface area contributed by atoms with Crippen LogP contribution >= 0.6 is 0 Å². The third-order valence-electron chi connectivity index (χ3n) is 3.03. The Labute approximate surface area is 101 Å². The highest BCUT2D eigenvalue weighted by molar-refractivity contribution is 5.91. The first-order valence-corrected chi connectivity index (χ1v) is 5.86. The molecule has 17 heavy (non-hydrogen) atoms. The summed E-state index contributed by atoms with van der Waals surface area (Å²) >= 11 is 0. The number of likely N-dealkylation sites (tertiary alicyclic amines) is 1. The summed E-state index contributed by atoms with van der Waals surface area (Å²) in [5.41, 5.74) is 6.13. The first kappa shape index (κ1) is 11.9. The van der Waals surface area contributed by atoms with Crippen LogP contribution in [0.25, 0.3) is 0 Å². The van der Waals surface area contributed by atoms with Gasteiger partial charge in [-0.3, -0.25) is 4.79 Å². The minimum atomic E-state index is 0.0498. The van der Waals surface area contributed by atoms with E-state index in [1.54, 1.807) is 18.3 Å². The second kappa shape index (κ2) is 5.14. The van der Waals surface area contributed by atoms with Crippen LogP contribution in [0.3, 0.4) is 0 Å². The molecular formula is C12H18N4O. The highest BCUT2D eigenvalue weighted by Crippen LogP contribution is 2.17. The molecule has 1 aromatic rings. The Kier molecular flexibility index (Phi) is 3.58. The Morgan fingerprint density at radius 2 is 2.41 bits per heavy atom. The van der Waals surface area contributed by atoms with Gasteiger partial charge in [-0.25, -0.2) is 4.98 Å². The van der Waals surface area contributed by atoms with Crippen molar-refractivity contribution in [2.75, 3.05) is 31.2 Å². The van der Waals surface area contributed by atoms with Crippen molar-refractivity contribution >= 4 is 17.4 Å². The summed E-state index contributed by atoms with van der Waals surface area (Å²) in [5, 5.41) is 2.83. The molecule has 1 unspecified atom stereocenters. The van der Waals surface area contributed by atoms with Crippen molar-refractivity contribution in [3.8, 4) is 0 Å². The van der Waals surface area contributed by atoms with Crippen LogP contribution in [-0.4, -0.2) is 35.9 Å². The predicted molar refractivity (Wildman–Crippen MR) is 67.5 cm³/mol. The van der Waals surface area contributed by atoms with Gasteiger partial charge in [-0.15, -0.1) is 0 Å². The van der Waals surface area contributed by atoms with Gasteiger partial charge in [0.25, 0.3) is 0 Å². The lowest BCUT2D eigenvalue weighted by Gasteiger charge is -2.28. The fraction of sp³-hybridized carbons (Fsp3) is 0.500. The molecule has 92 valence electrons. The Morgan fingerprint density at radius 3 is 3.06 bits per heavy atom. The number of aromatic nitrogens is 1. The van der Waals surface area contributed by atoms with E-state index in [1.807, 2.05) is 7.05 Å². The first-order chi connectivity index (χ1) is 8.15. The van der Waals surface area contributed by atoms with Gasteiger partial charge < -0.3 is 16.0 Å². The number of nitrogen functional groups attached to an aromatic ring is 1. The fourth-order valence-corrected chi connectivity index (χ4v) is 2.09. The molecule has 1 aliphatic heterocycles. The maximum absolute atomic E-state index is 12.0. The number of carbonyl (C=O) groups is 1. The molecule has 1 atom stereocenters. The molecule has 1 fully saturated rings. The van der Waals surface area contributed by atoms with Crippen molar-refractivity contribution in [1.29, 1.82) is 0 Å². The van der Waals surface area contributed by atoms with Gasteiger partial charge in [0, 0.05) is 6.54 Å². The summed E-state index contributed by atoms with van der Waals surface area (Å²) in [5.74, 6) is 0.680. The normalized spacial score (nSPS) is 21.1. The average Bonchev–Trinajstić information content (AvgIpc) is 2.32. The van der Waals surface area contributed by atoms with Crippen molar-refractivity contribution in [2.24, 2.45) is 5.92 Å². The van der Waals surface area contributed by atoms with E-state index in [9.17, 15) is 4.79 Å². The molecule has 5 heteroatoms. The van der Waals surface area contributed by atoms with Gasteiger partial charge in [-0.05, 0) is 38.6 Å². The number of nitrogens with two attached hydrogens (primary N) is 1. The molecule has 5 nitrogen and oxygen atoms in total. The van der Waals surface area contributed by atoms with Gasteiger partial charge in [0.05, 0.1) is 17.8 Å². The summed E-state index contributed by atoms with van der Waals surface area (Å²) in [6.45, 7) is 1.89. The molecule has 1 saturated heterocycles. The molecular weight excluding hydrogens is 216 g/mol. The lowest BCUT2D eigenvalue weighted by molar-refractivity contribution is -0.121. The van der Waals surface area contributed by atoms with Crippen molar-refractivity contribution in [3.05, 3.63) is 18.3 Å². The lowest BCUT2D eigenvalue weighted by Crippen LogP contribution is -2.38. The Morgan fingerprint density at radius 1 is 1.59 bits per heavy atom. The summed E-state index contributed by atoms with van der Waals surface area (Å²) in [6.07, 6.45) is 3.57. The van der Waals surface area contributed by atoms with Crippen LogP contribution in [-0.2, 0) is 4.79 Å². The highest BCUT2D eigenvalue weighted by Gasteiger charge is 2.23. The van der Waals surface area contributed by atoms with Gasteiger partial charge in [-0.2, -0.15) is 0 Å². The molecule has 0 radical (unpaired) electrons. The zero-order valence-electron chi connectivity index (χ0n) is 10.0. The molecule has 3 N–H and O–H groups in total. The highest BCUT2D eigenvalue weighted by atomic mass is 16.2. The van der Waals surface area contributed by atoms with Crippen LogP contribution in [0.5, 0.6) is 0 Å². The number of hydrogen-bond acceptors (Lipinski definition) is 4. The average molecular weight is 234 g/mol. The molecule has 1 aliphatic rings. The van der Waals surface area contributed by atoms with E-state index < -0.39 is 0 Å². The number of amides is 1. The second-order valence-corrected chi connectivity index (χ2v) is 4.57. The number of nitrogens with one attached hydrogen (secondary N) is 1. The molecule has 0 bridgehead atoms. The lowest BCUT2D eigenvalue weighted by atomic mass is 9.98. The van der Waals surface area contributed by atoms with Crippen LogP contribution in [0.4, 0.5) is 11.5 Å². The maximum atomic E-state index is 12.0. The van der Waals surface area contributed by atoms with Crippen LogP contribution in [0.1, 0.15) is 12.8 Å². The van der Waals surface area contributed by atoms with Crippen LogP contribution in [0.2, 0.25) is 0 Å². The topological polar surface area (TPSA) is 71.2 Å². The largest absolute Gasteiger partial charge is 0.397 e. The zero-order chi connectivity index (χ0) is 12.3. The van der Waals surface area contributed by atoms with Crippen molar-refractivity contribution in [3.63, 3.8) is 0 Å². The van der Waals surface area contributed by atoms with Crippen molar-refractivity contribution in [1.82, 2.24) is 9.88 Å². The van der Waals surface area contributed by atoms with Gasteiger partial charge in [-0.1, -0.05) is 0 Å². The van der Waals surface area contributed by atoms with Gasteiger partial charge in [0.1, 0.15) is 5.82 Å². The van der Waals surface area contributed by atoms with E-state index in [0.29, 0.717) is 11.5 Å². The number of pyridine rings is 1. The second-order valence-electron chi connectivity index (χ2n) is 4.57. The van der Waals surface area contributed by atoms with E-state index in [4.69, 9.17) is 5.73 Å². The number of anilines is 2. The van der Waals surface area contributed by atoms with E-state index in [1.165, 1.54) is 0 Å². The molecule has 0 aromatic carbocycles. The SMILES string of the molecule is CN1CCCC(C(=O)Nc2ccc(N)cn2)C1. The Hall–Kier alpha value is -1.62. The summed E-state index contributed by atoms with van der Waals surface area (Å²) in [7, 11) is 2.04. The van der Waals surface area contributed by atoms with E-state index >= 15 is 0 Å². The van der Waals surface area contributed by atoms with Crippen LogP contribution < -0.4 is 11.1 Å². The zero-order valence-corrected chi connectivity index (χ0v) is 10.0. The fourth-order valence-electron chi connectivity index (χ4n) is 2.09. The predicted octanol–water partition coefficient (Wildman–Crippen LogP) is 0.944. The number of nitrogens with zero attached hydrogens (tertiary/aromatic N) is 2. The Balaban J connectivity index is 1.94. The molecule has 1 aromatic heterocycles. The molecule has 2 rings (SSSR count). The van der Waals surface area contributed by atoms with E-state index in [-0.39, 0.29) is 11.8 Å². The quantitative estimate of drug-likeness (QED) is 0.799. The van der Waals surface area contributed by atoms with Crippen LogP contribution in [0, 0.1) is 5.92 Å². The molecule has 2 heterocycles. The van der Waals surface area contributed by atoms with Gasteiger partial charge in [0.15, 0.2) is 0 Å². The minimum absolute atomic E-state index is 0.0498. The molecule has 0 aliphatic carbocycles. The maximum Gasteiger partial charge on any atom is 0.229 e. The van der Waals surface area contributed by atoms with Crippen molar-refractivity contribution < 1.29 is 4.79 Å². The first-order valence-electron chi connectivity index (χ1n) is 5.86. The third-order valence-corrected chi connectivity index (χ3v) is 3.03. The smallest absolute Gasteiger partial charge is 0.229 e. The molecule has 0 saturated carbocycles.